The SMILES string of the molecule is COCCCN1C(=O)c2cccc3c(NC(=O)C4CCCN(S(=O)(=O)c5ccc(NC(C)=O)cc5)C4)ccc1c23. The lowest BCUT2D eigenvalue weighted by atomic mass is 9.98. The number of rotatable bonds is 9. The number of methoxy groups -OCH3 is 1. The predicted octanol–water partition coefficient (Wildman–Crippen LogP) is 3.83. The molecule has 2 heterocycles. The summed E-state index contributed by atoms with van der Waals surface area (Å²) in [7, 11) is -2.19. The van der Waals surface area contributed by atoms with Crippen LogP contribution in [-0.4, -0.2) is 63.8 Å². The van der Waals surface area contributed by atoms with Gasteiger partial charge >= 0.3 is 0 Å². The Labute approximate surface area is 233 Å². The fourth-order valence-electron chi connectivity index (χ4n) is 5.42. The molecular weight excluding hydrogens is 532 g/mol. The van der Waals surface area contributed by atoms with Crippen LogP contribution in [0.4, 0.5) is 17.1 Å². The van der Waals surface area contributed by atoms with E-state index in [1.165, 1.54) is 23.4 Å². The lowest BCUT2D eigenvalue weighted by Crippen LogP contribution is -2.43. The molecule has 0 spiro atoms. The van der Waals surface area contributed by atoms with Crippen LogP contribution in [0.15, 0.2) is 59.5 Å². The van der Waals surface area contributed by atoms with E-state index in [1.807, 2.05) is 12.1 Å². The van der Waals surface area contributed by atoms with Crippen molar-refractivity contribution in [2.24, 2.45) is 5.92 Å². The van der Waals surface area contributed by atoms with Crippen molar-refractivity contribution in [1.29, 1.82) is 0 Å². The molecule has 1 atom stereocenters. The average Bonchev–Trinajstić information content (AvgIpc) is 3.22. The van der Waals surface area contributed by atoms with E-state index < -0.39 is 15.9 Å². The van der Waals surface area contributed by atoms with Gasteiger partial charge in [-0.05, 0) is 61.7 Å². The van der Waals surface area contributed by atoms with Crippen molar-refractivity contribution in [1.82, 2.24) is 4.31 Å². The quantitative estimate of drug-likeness (QED) is 0.381. The fraction of sp³-hybridized carbons (Fsp3) is 0.345. The second kappa shape index (κ2) is 11.4. The average molecular weight is 565 g/mol. The molecule has 1 unspecified atom stereocenters. The van der Waals surface area contributed by atoms with Gasteiger partial charge in [0.05, 0.1) is 16.5 Å². The maximum absolute atomic E-state index is 13.4. The van der Waals surface area contributed by atoms with Crippen molar-refractivity contribution in [3.05, 3.63) is 60.2 Å². The normalized spacial score (nSPS) is 17.3. The first kappa shape index (κ1) is 27.8. The van der Waals surface area contributed by atoms with Crippen molar-refractivity contribution in [2.75, 3.05) is 48.9 Å². The molecule has 5 rings (SSSR count). The standard InChI is InChI=1S/C29H32N4O6S/c1-19(34)30-21-9-11-22(12-10-21)40(37,38)32-15-4-6-20(18-32)28(35)31-25-13-14-26-27-23(25)7-3-8-24(27)29(36)33(26)16-5-17-39-2/h3,7-14,20H,4-6,15-18H2,1-2H3,(H,30,34)(H,31,35). The zero-order valence-electron chi connectivity index (χ0n) is 22.5. The van der Waals surface area contributed by atoms with Gasteiger partial charge in [0.25, 0.3) is 5.91 Å². The molecule has 210 valence electrons. The van der Waals surface area contributed by atoms with E-state index >= 15 is 0 Å². The summed E-state index contributed by atoms with van der Waals surface area (Å²) in [5.41, 5.74) is 2.50. The van der Waals surface area contributed by atoms with Crippen LogP contribution in [0.25, 0.3) is 10.8 Å². The number of benzene rings is 3. The lowest BCUT2D eigenvalue weighted by Gasteiger charge is -2.31. The first-order valence-corrected chi connectivity index (χ1v) is 14.7. The Balaban J connectivity index is 1.33. The van der Waals surface area contributed by atoms with Crippen LogP contribution in [0.5, 0.6) is 0 Å². The Morgan fingerprint density at radius 1 is 1.05 bits per heavy atom. The molecule has 11 heteroatoms. The highest BCUT2D eigenvalue weighted by Crippen LogP contribution is 2.41. The van der Waals surface area contributed by atoms with Gasteiger partial charge in [0, 0.05) is 68.0 Å². The summed E-state index contributed by atoms with van der Waals surface area (Å²) in [5.74, 6) is -1.11. The minimum absolute atomic E-state index is 0.0641. The zero-order valence-corrected chi connectivity index (χ0v) is 23.3. The van der Waals surface area contributed by atoms with Crippen molar-refractivity contribution in [3.8, 4) is 0 Å². The molecule has 10 nitrogen and oxygen atoms in total. The number of hydrogen-bond donors (Lipinski definition) is 2. The van der Waals surface area contributed by atoms with E-state index in [9.17, 15) is 22.8 Å². The second-order valence-electron chi connectivity index (χ2n) is 10.1. The number of carbonyl (C=O) groups excluding carboxylic acids is 3. The monoisotopic (exact) mass is 564 g/mol. The third kappa shape index (κ3) is 5.32. The van der Waals surface area contributed by atoms with Crippen LogP contribution in [0, 0.1) is 5.92 Å². The molecule has 0 radical (unpaired) electrons. The van der Waals surface area contributed by atoms with E-state index in [-0.39, 0.29) is 29.2 Å². The Bertz CT molecular complexity index is 1570. The number of carbonyl (C=O) groups is 3. The van der Waals surface area contributed by atoms with Gasteiger partial charge in [-0.2, -0.15) is 4.31 Å². The summed E-state index contributed by atoms with van der Waals surface area (Å²) < 4.78 is 33.1. The van der Waals surface area contributed by atoms with Gasteiger partial charge in [-0.25, -0.2) is 8.42 Å². The number of anilines is 3. The van der Waals surface area contributed by atoms with Crippen LogP contribution in [0.1, 0.15) is 36.5 Å². The first-order valence-electron chi connectivity index (χ1n) is 13.3. The predicted molar refractivity (Wildman–Crippen MR) is 153 cm³/mol. The molecule has 2 aliphatic rings. The lowest BCUT2D eigenvalue weighted by molar-refractivity contribution is -0.121. The Morgan fingerprint density at radius 3 is 2.55 bits per heavy atom. The molecule has 40 heavy (non-hydrogen) atoms. The Hall–Kier alpha value is -3.80. The topological polar surface area (TPSA) is 125 Å². The largest absolute Gasteiger partial charge is 0.385 e. The number of ether oxygens (including phenoxy) is 1. The summed E-state index contributed by atoms with van der Waals surface area (Å²) in [6.45, 7) is 2.85. The molecule has 1 fully saturated rings. The van der Waals surface area contributed by atoms with Gasteiger partial charge in [0.1, 0.15) is 0 Å². The van der Waals surface area contributed by atoms with Crippen LogP contribution >= 0.6 is 0 Å². The molecule has 0 saturated carbocycles. The molecule has 3 aromatic carbocycles. The minimum atomic E-state index is -3.82. The molecule has 3 amide bonds. The summed E-state index contributed by atoms with van der Waals surface area (Å²) >= 11 is 0. The zero-order chi connectivity index (χ0) is 28.4. The molecule has 2 N–H and O–H groups in total. The molecule has 0 bridgehead atoms. The molecule has 0 aromatic heterocycles. The van der Waals surface area contributed by atoms with E-state index in [1.54, 1.807) is 42.3 Å². The number of amides is 3. The first-order chi connectivity index (χ1) is 19.2. The maximum Gasteiger partial charge on any atom is 0.258 e. The van der Waals surface area contributed by atoms with Crippen LogP contribution in [0.2, 0.25) is 0 Å². The molecule has 2 aliphatic heterocycles. The van der Waals surface area contributed by atoms with Gasteiger partial charge in [-0.1, -0.05) is 12.1 Å². The highest BCUT2D eigenvalue weighted by atomic mass is 32.2. The van der Waals surface area contributed by atoms with E-state index in [2.05, 4.69) is 10.6 Å². The van der Waals surface area contributed by atoms with Gasteiger partial charge in [-0.3, -0.25) is 14.4 Å². The van der Waals surface area contributed by atoms with Gasteiger partial charge < -0.3 is 20.3 Å². The number of hydrogen-bond acceptors (Lipinski definition) is 6. The molecule has 0 aliphatic carbocycles. The number of sulfonamides is 1. The van der Waals surface area contributed by atoms with Gasteiger partial charge in [0.15, 0.2) is 0 Å². The molecule has 3 aromatic rings. The van der Waals surface area contributed by atoms with Crippen LogP contribution < -0.4 is 15.5 Å². The highest BCUT2D eigenvalue weighted by Gasteiger charge is 2.34. The number of nitrogens with zero attached hydrogens (tertiary/aromatic N) is 2. The third-order valence-electron chi connectivity index (χ3n) is 7.34. The maximum atomic E-state index is 13.4. The summed E-state index contributed by atoms with van der Waals surface area (Å²) in [5, 5.41) is 7.20. The van der Waals surface area contributed by atoms with Crippen LogP contribution in [-0.2, 0) is 24.3 Å². The van der Waals surface area contributed by atoms with E-state index in [4.69, 9.17) is 4.74 Å². The van der Waals surface area contributed by atoms with Gasteiger partial charge in [-0.15, -0.1) is 0 Å². The minimum Gasteiger partial charge on any atom is -0.385 e. The van der Waals surface area contributed by atoms with Crippen molar-refractivity contribution >= 4 is 55.6 Å². The number of nitrogens with one attached hydrogen (secondary N) is 2. The highest BCUT2D eigenvalue weighted by molar-refractivity contribution is 7.89. The van der Waals surface area contributed by atoms with Crippen molar-refractivity contribution < 1.29 is 27.5 Å². The van der Waals surface area contributed by atoms with Crippen molar-refractivity contribution in [3.63, 3.8) is 0 Å². The molecule has 1 saturated heterocycles. The third-order valence-corrected chi connectivity index (χ3v) is 9.22. The summed E-state index contributed by atoms with van der Waals surface area (Å²) in [4.78, 5) is 39.6. The fourth-order valence-corrected chi connectivity index (χ4v) is 6.94. The molecular formula is C29H32N4O6S. The second-order valence-corrected chi connectivity index (χ2v) is 12.0. The summed E-state index contributed by atoms with van der Waals surface area (Å²) in [6.07, 6.45) is 1.82. The Morgan fingerprint density at radius 2 is 1.82 bits per heavy atom. The van der Waals surface area contributed by atoms with Crippen molar-refractivity contribution in [2.45, 2.75) is 31.1 Å². The van der Waals surface area contributed by atoms with Gasteiger partial charge in [0.2, 0.25) is 21.8 Å². The van der Waals surface area contributed by atoms with E-state index in [0.29, 0.717) is 55.9 Å². The Kier molecular flexibility index (Phi) is 7.88. The van der Waals surface area contributed by atoms with Crippen LogP contribution in [0.3, 0.4) is 0 Å². The summed E-state index contributed by atoms with van der Waals surface area (Å²) in [6, 6.07) is 15.1. The number of piperidine rings is 1. The van der Waals surface area contributed by atoms with E-state index in [0.717, 1.165) is 16.5 Å². The smallest absolute Gasteiger partial charge is 0.258 e.